The van der Waals surface area contributed by atoms with Crippen LogP contribution in [0.2, 0.25) is 0 Å². The van der Waals surface area contributed by atoms with E-state index in [1.54, 1.807) is 12.4 Å². The van der Waals surface area contributed by atoms with Crippen molar-refractivity contribution in [3.8, 4) is 11.3 Å². The number of hydrogen-bond acceptors (Lipinski definition) is 4. The van der Waals surface area contributed by atoms with Gasteiger partial charge in [0.25, 0.3) is 0 Å². The van der Waals surface area contributed by atoms with Gasteiger partial charge < -0.3 is 0 Å². The van der Waals surface area contributed by atoms with E-state index in [2.05, 4.69) is 40.3 Å². The molecular formula is C20H12N4. The summed E-state index contributed by atoms with van der Waals surface area (Å²) in [6, 6.07) is 20.5. The molecule has 3 heterocycles. The number of hydrogen-bond donors (Lipinski definition) is 0. The Bertz CT molecular complexity index is 1200. The largest absolute Gasteiger partial charge is 0.251 e. The summed E-state index contributed by atoms with van der Waals surface area (Å²) in [5.41, 5.74) is 5.22. The molecule has 0 bridgehead atoms. The molecule has 5 rings (SSSR count). The van der Waals surface area contributed by atoms with Gasteiger partial charge in [0.1, 0.15) is 5.52 Å². The molecule has 2 aromatic carbocycles. The predicted molar refractivity (Wildman–Crippen MR) is 95.6 cm³/mol. The molecule has 0 spiro atoms. The normalized spacial score (nSPS) is 11.3. The smallest absolute Gasteiger partial charge is 0.178 e. The van der Waals surface area contributed by atoms with Gasteiger partial charge in [-0.2, -0.15) is 0 Å². The number of nitrogens with zero attached hydrogens (tertiary/aromatic N) is 4. The van der Waals surface area contributed by atoms with Crippen molar-refractivity contribution in [2.75, 3.05) is 0 Å². The van der Waals surface area contributed by atoms with Crippen LogP contribution in [0.15, 0.2) is 73.1 Å². The van der Waals surface area contributed by atoms with E-state index in [4.69, 9.17) is 9.97 Å². The van der Waals surface area contributed by atoms with Crippen molar-refractivity contribution in [3.05, 3.63) is 73.1 Å². The highest BCUT2D eigenvalue weighted by Crippen LogP contribution is 2.27. The summed E-state index contributed by atoms with van der Waals surface area (Å²) in [4.78, 5) is 18.2. The maximum Gasteiger partial charge on any atom is 0.178 e. The second-order valence-electron chi connectivity index (χ2n) is 5.66. The Balaban J connectivity index is 1.86. The molecule has 112 valence electrons. The average molecular weight is 308 g/mol. The minimum Gasteiger partial charge on any atom is -0.251 e. The zero-order chi connectivity index (χ0) is 15.9. The summed E-state index contributed by atoms with van der Waals surface area (Å²) in [5, 5.41) is 2.09. The molecule has 0 aliphatic carbocycles. The number of aromatic nitrogens is 4. The fraction of sp³-hybridized carbons (Fsp3) is 0. The number of rotatable bonds is 1. The Morgan fingerprint density at radius 1 is 0.625 bits per heavy atom. The second kappa shape index (κ2) is 5.06. The van der Waals surface area contributed by atoms with Gasteiger partial charge in [-0.25, -0.2) is 15.0 Å². The molecule has 0 saturated carbocycles. The topological polar surface area (TPSA) is 51.6 Å². The van der Waals surface area contributed by atoms with Gasteiger partial charge in [0.2, 0.25) is 0 Å². The van der Waals surface area contributed by atoms with Gasteiger partial charge in [0.05, 0.1) is 16.7 Å². The summed E-state index contributed by atoms with van der Waals surface area (Å²) >= 11 is 0. The monoisotopic (exact) mass is 308 g/mol. The molecular weight excluding hydrogens is 296 g/mol. The molecule has 5 aromatic rings. The summed E-state index contributed by atoms with van der Waals surface area (Å²) < 4.78 is 0. The average Bonchev–Trinajstić information content (AvgIpc) is 2.66. The minimum atomic E-state index is 0.643. The molecule has 0 atom stereocenters. The zero-order valence-corrected chi connectivity index (χ0v) is 12.7. The van der Waals surface area contributed by atoms with Crippen molar-refractivity contribution < 1.29 is 0 Å². The van der Waals surface area contributed by atoms with Crippen LogP contribution in [0.1, 0.15) is 0 Å². The van der Waals surface area contributed by atoms with E-state index >= 15 is 0 Å². The molecule has 3 aromatic heterocycles. The van der Waals surface area contributed by atoms with Crippen LogP contribution in [0.25, 0.3) is 44.2 Å². The molecule has 4 nitrogen and oxygen atoms in total. The van der Waals surface area contributed by atoms with E-state index in [0.29, 0.717) is 5.65 Å². The van der Waals surface area contributed by atoms with Gasteiger partial charge in [-0.15, -0.1) is 0 Å². The number of fused-ring (bicyclic) bond motifs is 4. The zero-order valence-electron chi connectivity index (χ0n) is 12.7. The van der Waals surface area contributed by atoms with Gasteiger partial charge in [-0.3, -0.25) is 4.98 Å². The summed E-state index contributed by atoms with van der Waals surface area (Å²) in [7, 11) is 0. The third kappa shape index (κ3) is 2.01. The fourth-order valence-electron chi connectivity index (χ4n) is 2.98. The maximum absolute atomic E-state index is 4.87. The quantitative estimate of drug-likeness (QED) is 0.340. The standard InChI is InChI=1S/C20H12N4/c1-2-4-13(5-3-1)16-9-8-14-6-7-15-12-17-20(22-11-10-21-17)24-19(15)18(14)23-16/h1-12H. The Labute approximate surface area is 137 Å². The van der Waals surface area contributed by atoms with Crippen LogP contribution in [-0.2, 0) is 0 Å². The molecule has 0 saturated heterocycles. The molecule has 0 fully saturated rings. The fourth-order valence-corrected chi connectivity index (χ4v) is 2.98. The lowest BCUT2D eigenvalue weighted by molar-refractivity contribution is 1.25. The predicted octanol–water partition coefficient (Wildman–Crippen LogP) is 4.39. The van der Waals surface area contributed by atoms with Crippen molar-refractivity contribution in [1.82, 2.24) is 19.9 Å². The lowest BCUT2D eigenvalue weighted by Crippen LogP contribution is -1.91. The first-order valence-corrected chi connectivity index (χ1v) is 7.75. The van der Waals surface area contributed by atoms with Crippen molar-refractivity contribution in [3.63, 3.8) is 0 Å². The first kappa shape index (κ1) is 13.1. The highest BCUT2D eigenvalue weighted by molar-refractivity contribution is 6.06. The van der Waals surface area contributed by atoms with Crippen LogP contribution in [0, 0.1) is 0 Å². The third-order valence-electron chi connectivity index (χ3n) is 4.15. The minimum absolute atomic E-state index is 0.643. The third-order valence-corrected chi connectivity index (χ3v) is 4.15. The SMILES string of the molecule is c1ccc(-c2ccc3ccc4cc5nccnc5nc4c3n2)cc1. The molecule has 0 N–H and O–H groups in total. The van der Waals surface area contributed by atoms with Crippen molar-refractivity contribution in [2.45, 2.75) is 0 Å². The Morgan fingerprint density at radius 3 is 2.29 bits per heavy atom. The Kier molecular flexibility index (Phi) is 2.76. The Morgan fingerprint density at radius 2 is 1.38 bits per heavy atom. The number of benzene rings is 2. The van der Waals surface area contributed by atoms with Crippen LogP contribution in [0.5, 0.6) is 0 Å². The highest BCUT2D eigenvalue weighted by atomic mass is 14.9. The van der Waals surface area contributed by atoms with Crippen LogP contribution in [0.3, 0.4) is 0 Å². The first-order valence-electron chi connectivity index (χ1n) is 7.75. The molecule has 0 amide bonds. The Hall–Kier alpha value is -3.40. The van der Waals surface area contributed by atoms with E-state index in [1.165, 1.54) is 0 Å². The molecule has 0 radical (unpaired) electrons. The van der Waals surface area contributed by atoms with Gasteiger partial charge in [-0.1, -0.05) is 48.5 Å². The van der Waals surface area contributed by atoms with E-state index in [0.717, 1.165) is 38.6 Å². The second-order valence-corrected chi connectivity index (χ2v) is 5.66. The van der Waals surface area contributed by atoms with Gasteiger partial charge >= 0.3 is 0 Å². The van der Waals surface area contributed by atoms with Crippen molar-refractivity contribution >= 4 is 33.0 Å². The van der Waals surface area contributed by atoms with E-state index in [-0.39, 0.29) is 0 Å². The van der Waals surface area contributed by atoms with E-state index in [1.807, 2.05) is 30.3 Å². The van der Waals surface area contributed by atoms with E-state index in [9.17, 15) is 0 Å². The lowest BCUT2D eigenvalue weighted by Gasteiger charge is -2.06. The first-order chi connectivity index (χ1) is 11.9. The van der Waals surface area contributed by atoms with Crippen molar-refractivity contribution in [1.29, 1.82) is 0 Å². The number of pyridine rings is 2. The summed E-state index contributed by atoms with van der Waals surface area (Å²) in [5.74, 6) is 0. The molecule has 4 heteroatoms. The van der Waals surface area contributed by atoms with Gasteiger partial charge in [0, 0.05) is 28.7 Å². The van der Waals surface area contributed by atoms with Gasteiger partial charge in [-0.05, 0) is 12.1 Å². The van der Waals surface area contributed by atoms with Crippen LogP contribution >= 0.6 is 0 Å². The molecule has 0 unspecified atom stereocenters. The summed E-state index contributed by atoms with van der Waals surface area (Å²) in [6.45, 7) is 0. The van der Waals surface area contributed by atoms with Crippen LogP contribution < -0.4 is 0 Å². The lowest BCUT2D eigenvalue weighted by atomic mass is 10.1. The molecule has 24 heavy (non-hydrogen) atoms. The molecule has 0 aliphatic rings. The maximum atomic E-state index is 4.87. The van der Waals surface area contributed by atoms with Crippen molar-refractivity contribution in [2.24, 2.45) is 0 Å². The highest BCUT2D eigenvalue weighted by Gasteiger charge is 2.08. The van der Waals surface area contributed by atoms with Crippen LogP contribution in [0.4, 0.5) is 0 Å². The molecule has 0 aliphatic heterocycles. The van der Waals surface area contributed by atoms with E-state index < -0.39 is 0 Å². The summed E-state index contributed by atoms with van der Waals surface area (Å²) in [6.07, 6.45) is 3.35. The van der Waals surface area contributed by atoms with Crippen LogP contribution in [-0.4, -0.2) is 19.9 Å². The van der Waals surface area contributed by atoms with Gasteiger partial charge in [0.15, 0.2) is 5.65 Å².